The molecule has 0 spiro atoms. The second-order valence-electron chi connectivity index (χ2n) is 2.88. The summed E-state index contributed by atoms with van der Waals surface area (Å²) in [7, 11) is -4.14. The normalized spacial score (nSPS) is 11.8. The van der Waals surface area contributed by atoms with Crippen molar-refractivity contribution in [1.82, 2.24) is 0 Å². The Morgan fingerprint density at radius 1 is 1.21 bits per heavy atom. The highest BCUT2D eigenvalue weighted by molar-refractivity contribution is 7.86. The van der Waals surface area contributed by atoms with Crippen molar-refractivity contribution in [2.45, 2.75) is 4.90 Å². The van der Waals surface area contributed by atoms with Crippen molar-refractivity contribution in [3.8, 4) is 0 Å². The number of fused-ring (bicyclic) bond motifs is 1. The standard InChI is InChI=1S/C10H7O3S/c11-14(12,13)10-7-3-5-8-4-1-2-6-9(8)10/h2-7H,(H,11,12,13). The fourth-order valence-corrected chi connectivity index (χ4v) is 2.07. The Hall–Kier alpha value is -1.39. The lowest BCUT2D eigenvalue weighted by Crippen LogP contribution is -1.98. The van der Waals surface area contributed by atoms with Crippen molar-refractivity contribution >= 4 is 20.9 Å². The van der Waals surface area contributed by atoms with Crippen molar-refractivity contribution in [3.63, 3.8) is 0 Å². The molecule has 0 unspecified atom stereocenters. The number of hydrogen-bond donors (Lipinski definition) is 1. The number of hydrogen-bond acceptors (Lipinski definition) is 2. The van der Waals surface area contributed by atoms with Gasteiger partial charge in [-0.3, -0.25) is 4.55 Å². The van der Waals surface area contributed by atoms with E-state index in [9.17, 15) is 8.42 Å². The first-order valence-corrected chi connectivity index (χ1v) is 5.39. The highest BCUT2D eigenvalue weighted by atomic mass is 32.2. The van der Waals surface area contributed by atoms with E-state index in [1.54, 1.807) is 30.3 Å². The Bertz CT molecular complexity index is 567. The summed E-state index contributed by atoms with van der Waals surface area (Å²) in [6.45, 7) is 0. The molecule has 2 rings (SSSR count). The molecular formula is C10H7O3S. The first kappa shape index (κ1) is 9.18. The SMILES string of the molecule is O=S(=O)(O)c1cccc2c[c]ccc12. The molecule has 3 nitrogen and oxygen atoms in total. The summed E-state index contributed by atoms with van der Waals surface area (Å²) in [6, 6.07) is 12.4. The van der Waals surface area contributed by atoms with Gasteiger partial charge in [0.25, 0.3) is 10.1 Å². The van der Waals surface area contributed by atoms with Gasteiger partial charge in [-0.15, -0.1) is 0 Å². The predicted octanol–water partition coefficient (Wildman–Crippen LogP) is 1.89. The molecule has 0 heterocycles. The van der Waals surface area contributed by atoms with Crippen molar-refractivity contribution < 1.29 is 13.0 Å². The van der Waals surface area contributed by atoms with E-state index in [4.69, 9.17) is 4.55 Å². The Balaban J connectivity index is 2.92. The molecule has 0 saturated heterocycles. The van der Waals surface area contributed by atoms with E-state index in [0.29, 0.717) is 5.39 Å². The van der Waals surface area contributed by atoms with Crippen molar-refractivity contribution in [1.29, 1.82) is 0 Å². The molecule has 2 aromatic carbocycles. The zero-order valence-electron chi connectivity index (χ0n) is 7.14. The molecule has 1 N–H and O–H groups in total. The van der Waals surface area contributed by atoms with Gasteiger partial charge in [-0.2, -0.15) is 8.42 Å². The quantitative estimate of drug-likeness (QED) is 0.726. The summed E-state index contributed by atoms with van der Waals surface area (Å²) in [4.78, 5) is -0.0657. The highest BCUT2D eigenvalue weighted by Gasteiger charge is 2.12. The van der Waals surface area contributed by atoms with Crippen LogP contribution in [0, 0.1) is 6.07 Å². The lowest BCUT2D eigenvalue weighted by atomic mass is 10.1. The molecule has 0 atom stereocenters. The zero-order valence-corrected chi connectivity index (χ0v) is 7.95. The zero-order chi connectivity index (χ0) is 10.2. The van der Waals surface area contributed by atoms with Gasteiger partial charge in [0.2, 0.25) is 0 Å². The van der Waals surface area contributed by atoms with Crippen LogP contribution in [0.5, 0.6) is 0 Å². The molecule has 0 bridgehead atoms. The van der Waals surface area contributed by atoms with Crippen molar-refractivity contribution in [3.05, 3.63) is 42.5 Å². The molecule has 0 fully saturated rings. The van der Waals surface area contributed by atoms with Crippen LogP contribution >= 0.6 is 0 Å². The lowest BCUT2D eigenvalue weighted by molar-refractivity contribution is 0.484. The Morgan fingerprint density at radius 3 is 2.71 bits per heavy atom. The van der Waals surface area contributed by atoms with E-state index < -0.39 is 10.1 Å². The predicted molar refractivity (Wildman–Crippen MR) is 52.6 cm³/mol. The molecular weight excluding hydrogens is 200 g/mol. The van der Waals surface area contributed by atoms with Crippen LogP contribution in [0.15, 0.2) is 41.3 Å². The third-order valence-corrected chi connectivity index (χ3v) is 2.87. The van der Waals surface area contributed by atoms with Crippen LogP contribution < -0.4 is 0 Å². The first-order valence-electron chi connectivity index (χ1n) is 3.95. The Kier molecular flexibility index (Phi) is 2.02. The summed E-state index contributed by atoms with van der Waals surface area (Å²) in [5, 5.41) is 1.25. The van der Waals surface area contributed by atoms with Crippen LogP contribution in [-0.4, -0.2) is 13.0 Å². The van der Waals surface area contributed by atoms with Crippen LogP contribution in [0.1, 0.15) is 0 Å². The Labute approximate surface area is 81.7 Å². The van der Waals surface area contributed by atoms with E-state index in [0.717, 1.165) is 5.39 Å². The van der Waals surface area contributed by atoms with Crippen molar-refractivity contribution in [2.75, 3.05) is 0 Å². The lowest BCUT2D eigenvalue weighted by Gasteiger charge is -2.01. The molecule has 0 amide bonds. The fraction of sp³-hybridized carbons (Fsp3) is 0. The summed E-state index contributed by atoms with van der Waals surface area (Å²) in [5.74, 6) is 0. The van der Waals surface area contributed by atoms with Gasteiger partial charge in [0, 0.05) is 5.39 Å². The van der Waals surface area contributed by atoms with Crippen LogP contribution in [0.4, 0.5) is 0 Å². The topological polar surface area (TPSA) is 54.4 Å². The summed E-state index contributed by atoms with van der Waals surface area (Å²) in [5.41, 5.74) is 0. The van der Waals surface area contributed by atoms with Gasteiger partial charge in [0.15, 0.2) is 0 Å². The first-order chi connectivity index (χ1) is 6.59. The highest BCUT2D eigenvalue weighted by Crippen LogP contribution is 2.21. The van der Waals surface area contributed by atoms with Crippen LogP contribution in [0.2, 0.25) is 0 Å². The van der Waals surface area contributed by atoms with Gasteiger partial charge in [0.1, 0.15) is 4.90 Å². The minimum atomic E-state index is -4.14. The smallest absolute Gasteiger partial charge is 0.282 e. The van der Waals surface area contributed by atoms with Gasteiger partial charge < -0.3 is 0 Å². The molecule has 14 heavy (non-hydrogen) atoms. The fourth-order valence-electron chi connectivity index (χ4n) is 1.36. The molecule has 0 saturated carbocycles. The molecule has 2 aromatic rings. The van der Waals surface area contributed by atoms with E-state index in [-0.39, 0.29) is 4.90 Å². The second kappa shape index (κ2) is 3.08. The monoisotopic (exact) mass is 207 g/mol. The van der Waals surface area contributed by atoms with E-state index >= 15 is 0 Å². The van der Waals surface area contributed by atoms with E-state index in [2.05, 4.69) is 6.07 Å². The summed E-state index contributed by atoms with van der Waals surface area (Å²) >= 11 is 0. The van der Waals surface area contributed by atoms with Crippen molar-refractivity contribution in [2.24, 2.45) is 0 Å². The summed E-state index contributed by atoms with van der Waals surface area (Å²) < 4.78 is 30.9. The molecule has 0 aliphatic rings. The third kappa shape index (κ3) is 1.49. The molecule has 1 radical (unpaired) electrons. The van der Waals surface area contributed by atoms with Crippen LogP contribution in [0.25, 0.3) is 10.8 Å². The maximum Gasteiger partial charge on any atom is 0.295 e. The van der Waals surface area contributed by atoms with Crippen LogP contribution in [0.3, 0.4) is 0 Å². The van der Waals surface area contributed by atoms with E-state index in [1.165, 1.54) is 6.07 Å². The average Bonchev–Trinajstić information content (AvgIpc) is 2.15. The minimum absolute atomic E-state index is 0.0657. The van der Waals surface area contributed by atoms with Gasteiger partial charge in [0.05, 0.1) is 0 Å². The summed E-state index contributed by atoms with van der Waals surface area (Å²) in [6.07, 6.45) is 0. The molecule has 0 aromatic heterocycles. The maximum absolute atomic E-state index is 11.0. The molecule has 0 aliphatic carbocycles. The van der Waals surface area contributed by atoms with E-state index in [1.807, 2.05) is 0 Å². The number of benzene rings is 2. The largest absolute Gasteiger partial charge is 0.295 e. The van der Waals surface area contributed by atoms with Gasteiger partial charge >= 0.3 is 0 Å². The molecule has 4 heteroatoms. The van der Waals surface area contributed by atoms with Crippen LogP contribution in [-0.2, 0) is 10.1 Å². The molecule has 71 valence electrons. The average molecular weight is 207 g/mol. The maximum atomic E-state index is 11.0. The van der Waals surface area contributed by atoms with Gasteiger partial charge in [-0.05, 0) is 23.6 Å². The minimum Gasteiger partial charge on any atom is -0.282 e. The third-order valence-electron chi connectivity index (χ3n) is 1.96. The second-order valence-corrected chi connectivity index (χ2v) is 4.27. The Morgan fingerprint density at radius 2 is 2.00 bits per heavy atom. The van der Waals surface area contributed by atoms with Gasteiger partial charge in [-0.25, -0.2) is 0 Å². The molecule has 0 aliphatic heterocycles. The number of rotatable bonds is 1. The van der Waals surface area contributed by atoms with Gasteiger partial charge in [-0.1, -0.05) is 24.3 Å².